The summed E-state index contributed by atoms with van der Waals surface area (Å²) in [6, 6.07) is 13.2. The van der Waals surface area contributed by atoms with Gasteiger partial charge in [-0.05, 0) is 30.7 Å². The number of halogens is 1. The molecule has 0 radical (unpaired) electrons. The first-order valence-corrected chi connectivity index (χ1v) is 8.39. The molecular weight excluding hydrogens is 338 g/mol. The van der Waals surface area contributed by atoms with E-state index in [1.165, 1.54) is 10.2 Å². The van der Waals surface area contributed by atoms with Crippen molar-refractivity contribution >= 4 is 34.3 Å². The smallest absolute Gasteiger partial charge is 0.247 e. The number of nitrogens with zero attached hydrogens (tertiary/aromatic N) is 2. The predicted molar refractivity (Wildman–Crippen MR) is 97.6 cm³/mol. The summed E-state index contributed by atoms with van der Waals surface area (Å²) in [6.45, 7) is 2.47. The molecule has 0 aliphatic carbocycles. The third kappa shape index (κ3) is 4.25. The predicted octanol–water partition coefficient (Wildman–Crippen LogP) is 3.73. The van der Waals surface area contributed by atoms with E-state index in [-0.39, 0.29) is 24.7 Å². The SMILES string of the molecule is Cc1ccc(CNC(=O)CCC(=O)n2ncc3ccc(Cl)cc32)cc1. The Balaban J connectivity index is 1.55. The molecule has 0 spiro atoms. The van der Waals surface area contributed by atoms with Gasteiger partial charge in [0, 0.05) is 29.8 Å². The van der Waals surface area contributed by atoms with Crippen LogP contribution in [0, 0.1) is 6.92 Å². The second-order valence-corrected chi connectivity index (χ2v) is 6.35. The third-order valence-electron chi connectivity index (χ3n) is 3.95. The minimum atomic E-state index is -0.234. The van der Waals surface area contributed by atoms with Gasteiger partial charge in [0.25, 0.3) is 0 Å². The van der Waals surface area contributed by atoms with E-state index in [1.807, 2.05) is 37.3 Å². The number of nitrogens with one attached hydrogen (secondary N) is 1. The molecule has 5 nitrogen and oxygen atoms in total. The molecule has 1 amide bonds. The zero-order valence-electron chi connectivity index (χ0n) is 13.8. The van der Waals surface area contributed by atoms with E-state index in [0.717, 1.165) is 10.9 Å². The molecule has 0 atom stereocenters. The number of carbonyl (C=O) groups excluding carboxylic acids is 2. The van der Waals surface area contributed by atoms with Crippen molar-refractivity contribution in [1.82, 2.24) is 15.1 Å². The molecule has 0 saturated heterocycles. The van der Waals surface area contributed by atoms with Crippen molar-refractivity contribution in [2.75, 3.05) is 0 Å². The molecule has 0 bridgehead atoms. The zero-order chi connectivity index (χ0) is 17.8. The number of benzene rings is 2. The first-order valence-electron chi connectivity index (χ1n) is 8.01. The number of hydrogen-bond donors (Lipinski definition) is 1. The molecule has 128 valence electrons. The number of fused-ring (bicyclic) bond motifs is 1. The molecule has 0 saturated carbocycles. The van der Waals surface area contributed by atoms with Crippen LogP contribution in [0.25, 0.3) is 10.9 Å². The number of hydrogen-bond acceptors (Lipinski definition) is 3. The molecule has 0 unspecified atom stereocenters. The molecule has 3 aromatic rings. The van der Waals surface area contributed by atoms with E-state index in [1.54, 1.807) is 18.3 Å². The van der Waals surface area contributed by atoms with Gasteiger partial charge in [-0.2, -0.15) is 5.10 Å². The first-order chi connectivity index (χ1) is 12.0. The Kier molecular flexibility index (Phi) is 5.14. The summed E-state index contributed by atoms with van der Waals surface area (Å²) in [5.74, 6) is -0.397. The molecule has 6 heteroatoms. The number of rotatable bonds is 5. The fourth-order valence-corrected chi connectivity index (χ4v) is 2.68. The topological polar surface area (TPSA) is 64.0 Å². The van der Waals surface area contributed by atoms with Gasteiger partial charge in [-0.15, -0.1) is 0 Å². The molecular formula is C19H18ClN3O2. The van der Waals surface area contributed by atoms with Gasteiger partial charge >= 0.3 is 0 Å². The highest BCUT2D eigenvalue weighted by molar-refractivity contribution is 6.31. The lowest BCUT2D eigenvalue weighted by Gasteiger charge is -2.06. The van der Waals surface area contributed by atoms with Crippen LogP contribution in [0.2, 0.25) is 5.02 Å². The molecule has 2 aromatic carbocycles. The second kappa shape index (κ2) is 7.49. The van der Waals surface area contributed by atoms with Gasteiger partial charge < -0.3 is 5.32 Å². The van der Waals surface area contributed by atoms with E-state index in [4.69, 9.17) is 11.6 Å². The van der Waals surface area contributed by atoms with Crippen molar-refractivity contribution in [2.24, 2.45) is 0 Å². The van der Waals surface area contributed by atoms with Crippen molar-refractivity contribution in [3.63, 3.8) is 0 Å². The van der Waals surface area contributed by atoms with Crippen molar-refractivity contribution in [3.8, 4) is 0 Å². The highest BCUT2D eigenvalue weighted by Crippen LogP contribution is 2.19. The molecule has 25 heavy (non-hydrogen) atoms. The maximum Gasteiger partial charge on any atom is 0.247 e. The van der Waals surface area contributed by atoms with Gasteiger partial charge in [-0.1, -0.05) is 41.4 Å². The summed E-state index contributed by atoms with van der Waals surface area (Å²) in [5, 5.41) is 8.29. The number of carbonyl (C=O) groups is 2. The van der Waals surface area contributed by atoms with Crippen LogP contribution in [0.3, 0.4) is 0 Å². The lowest BCUT2D eigenvalue weighted by atomic mass is 10.1. The van der Waals surface area contributed by atoms with Gasteiger partial charge in [-0.25, -0.2) is 4.68 Å². The Morgan fingerprint density at radius 2 is 1.88 bits per heavy atom. The van der Waals surface area contributed by atoms with Gasteiger partial charge in [0.1, 0.15) is 0 Å². The molecule has 1 heterocycles. The van der Waals surface area contributed by atoms with E-state index < -0.39 is 0 Å². The van der Waals surface area contributed by atoms with E-state index in [0.29, 0.717) is 17.1 Å². The maximum absolute atomic E-state index is 12.3. The third-order valence-corrected chi connectivity index (χ3v) is 4.18. The largest absolute Gasteiger partial charge is 0.352 e. The zero-order valence-corrected chi connectivity index (χ0v) is 14.6. The summed E-state index contributed by atoms with van der Waals surface area (Å²) in [6.07, 6.45) is 1.82. The van der Waals surface area contributed by atoms with E-state index >= 15 is 0 Å². The van der Waals surface area contributed by atoms with Crippen molar-refractivity contribution < 1.29 is 9.59 Å². The molecule has 1 N–H and O–H groups in total. The van der Waals surface area contributed by atoms with Crippen LogP contribution in [-0.4, -0.2) is 21.6 Å². The Labute approximate surface area is 150 Å². The lowest BCUT2D eigenvalue weighted by molar-refractivity contribution is -0.121. The van der Waals surface area contributed by atoms with Crippen LogP contribution in [0.1, 0.15) is 28.8 Å². The van der Waals surface area contributed by atoms with Crippen LogP contribution in [0.4, 0.5) is 0 Å². The Morgan fingerprint density at radius 1 is 1.12 bits per heavy atom. The number of amides is 1. The lowest BCUT2D eigenvalue weighted by Crippen LogP contribution is -2.24. The molecule has 0 fully saturated rings. The summed E-state index contributed by atoms with van der Waals surface area (Å²) in [5.41, 5.74) is 2.85. The molecule has 3 rings (SSSR count). The van der Waals surface area contributed by atoms with Gasteiger partial charge in [-0.3, -0.25) is 9.59 Å². The van der Waals surface area contributed by atoms with E-state index in [2.05, 4.69) is 10.4 Å². The van der Waals surface area contributed by atoms with Crippen LogP contribution in [0.5, 0.6) is 0 Å². The normalized spacial score (nSPS) is 10.8. The fourth-order valence-electron chi connectivity index (χ4n) is 2.51. The van der Waals surface area contributed by atoms with Gasteiger partial charge in [0.05, 0.1) is 11.7 Å². The second-order valence-electron chi connectivity index (χ2n) is 5.92. The van der Waals surface area contributed by atoms with Crippen molar-refractivity contribution in [3.05, 3.63) is 64.8 Å². The number of aryl methyl sites for hydroxylation is 1. The molecule has 0 aliphatic rings. The van der Waals surface area contributed by atoms with Crippen LogP contribution in [0.15, 0.2) is 48.7 Å². The standard InChI is InChI=1S/C19H18ClN3O2/c1-13-2-4-14(5-3-13)11-21-18(24)8-9-19(25)23-17-10-16(20)7-6-15(17)12-22-23/h2-7,10,12H,8-9,11H2,1H3,(H,21,24). The van der Waals surface area contributed by atoms with Crippen LogP contribution in [-0.2, 0) is 11.3 Å². The highest BCUT2D eigenvalue weighted by Gasteiger charge is 2.13. The minimum Gasteiger partial charge on any atom is -0.352 e. The van der Waals surface area contributed by atoms with Gasteiger partial charge in [0.15, 0.2) is 0 Å². The van der Waals surface area contributed by atoms with E-state index in [9.17, 15) is 9.59 Å². The Bertz CT molecular complexity index is 916. The quantitative estimate of drug-likeness (QED) is 0.758. The molecule has 1 aromatic heterocycles. The fraction of sp³-hybridized carbons (Fsp3) is 0.211. The Hall–Kier alpha value is -2.66. The minimum absolute atomic E-state index is 0.0863. The maximum atomic E-state index is 12.3. The van der Waals surface area contributed by atoms with Gasteiger partial charge in [0.2, 0.25) is 11.8 Å². The summed E-state index contributed by atoms with van der Waals surface area (Å²) in [4.78, 5) is 24.3. The van der Waals surface area contributed by atoms with Crippen molar-refractivity contribution in [2.45, 2.75) is 26.3 Å². The monoisotopic (exact) mass is 355 g/mol. The average molecular weight is 356 g/mol. The highest BCUT2D eigenvalue weighted by atomic mass is 35.5. The van der Waals surface area contributed by atoms with Crippen LogP contribution >= 0.6 is 11.6 Å². The number of aromatic nitrogens is 2. The summed E-state index contributed by atoms with van der Waals surface area (Å²) in [7, 11) is 0. The Morgan fingerprint density at radius 3 is 2.64 bits per heavy atom. The molecule has 0 aliphatic heterocycles. The summed E-state index contributed by atoms with van der Waals surface area (Å²) >= 11 is 5.97. The van der Waals surface area contributed by atoms with Crippen molar-refractivity contribution in [1.29, 1.82) is 0 Å². The first kappa shape index (κ1) is 17.2. The van der Waals surface area contributed by atoms with Crippen LogP contribution < -0.4 is 5.32 Å². The summed E-state index contributed by atoms with van der Waals surface area (Å²) < 4.78 is 1.30. The average Bonchev–Trinajstić information content (AvgIpc) is 3.02.